The summed E-state index contributed by atoms with van der Waals surface area (Å²) in [5.74, 6) is -0.248. The molecule has 0 saturated carbocycles. The van der Waals surface area contributed by atoms with Crippen molar-refractivity contribution < 1.29 is 9.63 Å². The van der Waals surface area contributed by atoms with Crippen LogP contribution in [0.5, 0.6) is 0 Å². The van der Waals surface area contributed by atoms with Gasteiger partial charge in [-0.2, -0.15) is 0 Å². The van der Waals surface area contributed by atoms with Crippen LogP contribution >= 0.6 is 0 Å². The Balaban J connectivity index is 2.27. The second-order valence-corrected chi connectivity index (χ2v) is 2.06. The number of rotatable bonds is 4. The molecule has 6 heteroatoms. The van der Waals surface area contributed by atoms with Gasteiger partial charge < -0.3 is 0 Å². The number of aromatic nitrogens is 3. The SMILES string of the molecule is CCONC(=O)Cn1ccnn1. The van der Waals surface area contributed by atoms with E-state index in [1.54, 1.807) is 13.1 Å². The van der Waals surface area contributed by atoms with Crippen LogP contribution in [-0.2, 0) is 16.2 Å². The van der Waals surface area contributed by atoms with Crippen molar-refractivity contribution in [2.75, 3.05) is 6.61 Å². The maximum atomic E-state index is 10.9. The smallest absolute Gasteiger partial charge is 0.265 e. The Morgan fingerprint density at radius 3 is 3.17 bits per heavy atom. The summed E-state index contributed by atoms with van der Waals surface area (Å²) in [5, 5.41) is 7.16. The quantitative estimate of drug-likeness (QED) is 0.609. The predicted octanol–water partition coefficient (Wildman–Crippen LogP) is -0.654. The minimum Gasteiger partial charge on any atom is -0.274 e. The van der Waals surface area contributed by atoms with E-state index in [4.69, 9.17) is 0 Å². The molecular weight excluding hydrogens is 160 g/mol. The maximum absolute atomic E-state index is 10.9. The third kappa shape index (κ3) is 2.67. The van der Waals surface area contributed by atoms with Crippen LogP contribution in [0, 0.1) is 0 Å². The standard InChI is InChI=1S/C6H10N4O2/c1-2-12-8-6(11)5-10-4-3-7-9-10/h3-4H,2,5H2,1H3,(H,8,11). The van der Waals surface area contributed by atoms with Gasteiger partial charge in [-0.1, -0.05) is 5.21 Å². The summed E-state index contributed by atoms with van der Waals surface area (Å²) in [6.07, 6.45) is 3.11. The lowest BCUT2D eigenvalue weighted by molar-refractivity contribution is -0.134. The first kappa shape index (κ1) is 8.66. The molecular formula is C6H10N4O2. The molecule has 0 unspecified atom stereocenters. The second kappa shape index (κ2) is 4.45. The van der Waals surface area contributed by atoms with E-state index in [0.717, 1.165) is 0 Å². The van der Waals surface area contributed by atoms with Gasteiger partial charge in [0.15, 0.2) is 0 Å². The first-order valence-corrected chi connectivity index (χ1v) is 3.57. The maximum Gasteiger partial charge on any atom is 0.265 e. The van der Waals surface area contributed by atoms with E-state index in [2.05, 4.69) is 20.6 Å². The van der Waals surface area contributed by atoms with Gasteiger partial charge in [-0.3, -0.25) is 9.63 Å². The molecule has 0 aliphatic heterocycles. The van der Waals surface area contributed by atoms with E-state index in [9.17, 15) is 4.79 Å². The number of hydroxylamine groups is 1. The number of carbonyl (C=O) groups is 1. The number of hydrogen-bond donors (Lipinski definition) is 1. The molecule has 66 valence electrons. The Morgan fingerprint density at radius 2 is 2.58 bits per heavy atom. The highest BCUT2D eigenvalue weighted by molar-refractivity contribution is 5.74. The summed E-state index contributed by atoms with van der Waals surface area (Å²) in [4.78, 5) is 15.6. The molecule has 1 heterocycles. The Bertz CT molecular complexity index is 234. The van der Waals surface area contributed by atoms with Crippen molar-refractivity contribution in [2.24, 2.45) is 0 Å². The largest absolute Gasteiger partial charge is 0.274 e. The lowest BCUT2D eigenvalue weighted by Crippen LogP contribution is -2.27. The fourth-order valence-corrected chi connectivity index (χ4v) is 0.649. The fraction of sp³-hybridized carbons (Fsp3) is 0.500. The Kier molecular flexibility index (Phi) is 3.21. The van der Waals surface area contributed by atoms with Crippen molar-refractivity contribution in [3.63, 3.8) is 0 Å². The zero-order chi connectivity index (χ0) is 8.81. The Morgan fingerprint density at radius 1 is 1.75 bits per heavy atom. The highest BCUT2D eigenvalue weighted by atomic mass is 16.6. The van der Waals surface area contributed by atoms with Gasteiger partial charge in [-0.15, -0.1) is 5.10 Å². The van der Waals surface area contributed by atoms with E-state index in [-0.39, 0.29) is 12.5 Å². The molecule has 1 aromatic rings. The molecule has 0 aliphatic rings. The van der Waals surface area contributed by atoms with Crippen molar-refractivity contribution in [1.29, 1.82) is 0 Å². The van der Waals surface area contributed by atoms with Crippen LogP contribution < -0.4 is 5.48 Å². The molecule has 0 radical (unpaired) electrons. The molecule has 0 bridgehead atoms. The van der Waals surface area contributed by atoms with E-state index in [1.165, 1.54) is 10.9 Å². The van der Waals surface area contributed by atoms with Gasteiger partial charge >= 0.3 is 0 Å². The summed E-state index contributed by atoms with van der Waals surface area (Å²) in [6.45, 7) is 2.36. The molecule has 12 heavy (non-hydrogen) atoms. The number of hydrogen-bond acceptors (Lipinski definition) is 4. The topological polar surface area (TPSA) is 69.0 Å². The second-order valence-electron chi connectivity index (χ2n) is 2.06. The van der Waals surface area contributed by atoms with Gasteiger partial charge in [-0.05, 0) is 6.92 Å². The summed E-state index contributed by atoms with van der Waals surface area (Å²) < 4.78 is 1.41. The molecule has 0 atom stereocenters. The van der Waals surface area contributed by atoms with Crippen LogP contribution in [0.15, 0.2) is 12.4 Å². The van der Waals surface area contributed by atoms with Crippen molar-refractivity contribution in [1.82, 2.24) is 20.5 Å². The summed E-state index contributed by atoms with van der Waals surface area (Å²) in [5.41, 5.74) is 2.24. The summed E-state index contributed by atoms with van der Waals surface area (Å²) in [7, 11) is 0. The van der Waals surface area contributed by atoms with Crippen LogP contribution in [-0.4, -0.2) is 27.5 Å². The van der Waals surface area contributed by atoms with Gasteiger partial charge in [-0.25, -0.2) is 10.2 Å². The monoisotopic (exact) mass is 170 g/mol. The van der Waals surface area contributed by atoms with Gasteiger partial charge in [0.05, 0.1) is 12.8 Å². The van der Waals surface area contributed by atoms with E-state index in [0.29, 0.717) is 6.61 Å². The third-order valence-corrected chi connectivity index (χ3v) is 1.11. The first-order valence-electron chi connectivity index (χ1n) is 3.57. The minimum atomic E-state index is -0.248. The molecule has 1 N–H and O–H groups in total. The third-order valence-electron chi connectivity index (χ3n) is 1.11. The normalized spacial score (nSPS) is 9.75. The number of nitrogens with one attached hydrogen (secondary N) is 1. The van der Waals surface area contributed by atoms with Crippen LogP contribution in [0.3, 0.4) is 0 Å². The Hall–Kier alpha value is -1.43. The zero-order valence-corrected chi connectivity index (χ0v) is 6.73. The predicted molar refractivity (Wildman–Crippen MR) is 39.8 cm³/mol. The summed E-state index contributed by atoms with van der Waals surface area (Å²) >= 11 is 0. The number of amides is 1. The molecule has 1 rings (SSSR count). The number of carbonyl (C=O) groups excluding carboxylic acids is 1. The van der Waals surface area contributed by atoms with Crippen LogP contribution in [0.4, 0.5) is 0 Å². The minimum absolute atomic E-state index is 0.125. The van der Waals surface area contributed by atoms with Crippen molar-refractivity contribution >= 4 is 5.91 Å². The average molecular weight is 170 g/mol. The lowest BCUT2D eigenvalue weighted by Gasteiger charge is -2.02. The van der Waals surface area contributed by atoms with Crippen LogP contribution in [0.25, 0.3) is 0 Å². The van der Waals surface area contributed by atoms with Crippen LogP contribution in [0.1, 0.15) is 6.92 Å². The van der Waals surface area contributed by atoms with Crippen molar-refractivity contribution in [3.05, 3.63) is 12.4 Å². The fourth-order valence-electron chi connectivity index (χ4n) is 0.649. The van der Waals surface area contributed by atoms with Gasteiger partial charge in [0.25, 0.3) is 5.91 Å². The van der Waals surface area contributed by atoms with E-state index in [1.807, 2.05) is 0 Å². The van der Waals surface area contributed by atoms with E-state index < -0.39 is 0 Å². The van der Waals surface area contributed by atoms with Crippen molar-refractivity contribution in [3.8, 4) is 0 Å². The molecule has 0 fully saturated rings. The first-order chi connectivity index (χ1) is 5.83. The molecule has 6 nitrogen and oxygen atoms in total. The molecule has 1 amide bonds. The molecule has 0 aromatic carbocycles. The number of nitrogens with zero attached hydrogens (tertiary/aromatic N) is 3. The lowest BCUT2D eigenvalue weighted by atomic mass is 10.6. The van der Waals surface area contributed by atoms with Crippen molar-refractivity contribution in [2.45, 2.75) is 13.5 Å². The molecule has 0 saturated heterocycles. The molecule has 0 spiro atoms. The van der Waals surface area contributed by atoms with E-state index >= 15 is 0 Å². The van der Waals surface area contributed by atoms with Gasteiger partial charge in [0.2, 0.25) is 0 Å². The average Bonchev–Trinajstić information content (AvgIpc) is 2.53. The molecule has 1 aromatic heterocycles. The zero-order valence-electron chi connectivity index (χ0n) is 6.73. The van der Waals surface area contributed by atoms with Crippen LogP contribution in [0.2, 0.25) is 0 Å². The highest BCUT2D eigenvalue weighted by Gasteiger charge is 2.01. The molecule has 0 aliphatic carbocycles. The summed E-state index contributed by atoms with van der Waals surface area (Å²) in [6, 6.07) is 0. The Labute approximate surface area is 69.5 Å². The van der Waals surface area contributed by atoms with Gasteiger partial charge in [0.1, 0.15) is 6.54 Å². The highest BCUT2D eigenvalue weighted by Crippen LogP contribution is 1.80. The van der Waals surface area contributed by atoms with Gasteiger partial charge in [0, 0.05) is 6.20 Å².